The highest BCUT2D eigenvalue weighted by atomic mass is 16.4. The number of carboxylic acid groups (broad SMARTS) is 1. The van der Waals surface area contributed by atoms with Gasteiger partial charge in [-0.1, -0.05) is 0 Å². The standard InChI is InChI=1S/C11H15NO4/c1-7-4-8(11(15)16)2-3-10(7)12-5-9(14)6-13/h2-4,9,12-14H,5-6H2,1H3,(H,15,16). The Labute approximate surface area is 93.4 Å². The molecule has 16 heavy (non-hydrogen) atoms. The van der Waals surface area contributed by atoms with E-state index in [1.54, 1.807) is 19.1 Å². The monoisotopic (exact) mass is 225 g/mol. The van der Waals surface area contributed by atoms with E-state index < -0.39 is 12.1 Å². The molecule has 0 radical (unpaired) electrons. The molecule has 1 atom stereocenters. The van der Waals surface area contributed by atoms with Crippen LogP contribution in [0.4, 0.5) is 5.69 Å². The van der Waals surface area contributed by atoms with Crippen LogP contribution in [0.2, 0.25) is 0 Å². The minimum absolute atomic E-state index is 0.226. The first kappa shape index (κ1) is 12.5. The SMILES string of the molecule is Cc1cc(C(=O)O)ccc1NCC(O)CO. The third-order valence-electron chi connectivity index (χ3n) is 2.21. The maximum absolute atomic E-state index is 10.7. The van der Waals surface area contributed by atoms with Crippen LogP contribution in [0.1, 0.15) is 15.9 Å². The van der Waals surface area contributed by atoms with Gasteiger partial charge in [-0.15, -0.1) is 0 Å². The summed E-state index contributed by atoms with van der Waals surface area (Å²) in [5.74, 6) is -0.968. The molecule has 5 heteroatoms. The van der Waals surface area contributed by atoms with Crippen LogP contribution in [-0.4, -0.2) is 40.5 Å². The highest BCUT2D eigenvalue weighted by Gasteiger charge is 2.06. The van der Waals surface area contributed by atoms with Crippen LogP contribution in [0.15, 0.2) is 18.2 Å². The molecule has 0 aliphatic carbocycles. The molecule has 0 saturated heterocycles. The Bertz CT molecular complexity index is 378. The zero-order chi connectivity index (χ0) is 12.1. The summed E-state index contributed by atoms with van der Waals surface area (Å²) in [4.78, 5) is 10.7. The smallest absolute Gasteiger partial charge is 0.335 e. The van der Waals surface area contributed by atoms with E-state index in [0.717, 1.165) is 11.3 Å². The lowest BCUT2D eigenvalue weighted by Gasteiger charge is -2.12. The zero-order valence-electron chi connectivity index (χ0n) is 8.97. The average Bonchev–Trinajstić information content (AvgIpc) is 2.26. The Hall–Kier alpha value is -1.59. The summed E-state index contributed by atoms with van der Waals surface area (Å²) in [6, 6.07) is 4.68. The van der Waals surface area contributed by atoms with Gasteiger partial charge in [0.1, 0.15) is 0 Å². The molecule has 0 heterocycles. The number of aryl methyl sites for hydroxylation is 1. The molecule has 1 aromatic carbocycles. The van der Waals surface area contributed by atoms with Gasteiger partial charge in [0.25, 0.3) is 0 Å². The van der Waals surface area contributed by atoms with E-state index in [1.807, 2.05) is 0 Å². The van der Waals surface area contributed by atoms with E-state index in [0.29, 0.717) is 0 Å². The second-order valence-electron chi connectivity index (χ2n) is 3.55. The van der Waals surface area contributed by atoms with Crippen molar-refractivity contribution in [1.29, 1.82) is 0 Å². The maximum Gasteiger partial charge on any atom is 0.335 e. The van der Waals surface area contributed by atoms with Gasteiger partial charge < -0.3 is 20.6 Å². The van der Waals surface area contributed by atoms with Gasteiger partial charge in [0.05, 0.1) is 18.3 Å². The Kier molecular flexibility index (Phi) is 4.28. The third kappa shape index (κ3) is 3.22. The number of rotatable bonds is 5. The summed E-state index contributed by atoms with van der Waals surface area (Å²) in [7, 11) is 0. The molecule has 1 rings (SSSR count). The molecule has 0 spiro atoms. The van der Waals surface area contributed by atoms with Crippen LogP contribution in [0.25, 0.3) is 0 Å². The van der Waals surface area contributed by atoms with E-state index in [-0.39, 0.29) is 18.7 Å². The topological polar surface area (TPSA) is 89.8 Å². The van der Waals surface area contributed by atoms with Crippen molar-refractivity contribution in [1.82, 2.24) is 0 Å². The van der Waals surface area contributed by atoms with Crippen molar-refractivity contribution >= 4 is 11.7 Å². The van der Waals surface area contributed by atoms with Crippen molar-refractivity contribution in [2.45, 2.75) is 13.0 Å². The highest BCUT2D eigenvalue weighted by molar-refractivity contribution is 5.88. The zero-order valence-corrected chi connectivity index (χ0v) is 8.97. The largest absolute Gasteiger partial charge is 0.478 e. The van der Waals surface area contributed by atoms with Crippen LogP contribution in [0.5, 0.6) is 0 Å². The van der Waals surface area contributed by atoms with Crippen molar-refractivity contribution in [3.05, 3.63) is 29.3 Å². The normalized spacial score (nSPS) is 12.2. The van der Waals surface area contributed by atoms with Crippen molar-refractivity contribution in [2.75, 3.05) is 18.5 Å². The number of aliphatic hydroxyl groups excluding tert-OH is 2. The molecular formula is C11H15NO4. The Morgan fingerprint density at radius 2 is 2.19 bits per heavy atom. The number of carboxylic acids is 1. The molecule has 0 amide bonds. The van der Waals surface area contributed by atoms with Gasteiger partial charge in [0, 0.05) is 12.2 Å². The van der Waals surface area contributed by atoms with E-state index in [2.05, 4.69) is 5.32 Å². The Morgan fingerprint density at radius 3 is 2.69 bits per heavy atom. The first-order valence-electron chi connectivity index (χ1n) is 4.91. The van der Waals surface area contributed by atoms with Crippen LogP contribution < -0.4 is 5.32 Å². The molecule has 5 nitrogen and oxygen atoms in total. The first-order chi connectivity index (χ1) is 7.54. The van der Waals surface area contributed by atoms with Crippen LogP contribution in [0, 0.1) is 6.92 Å². The quantitative estimate of drug-likeness (QED) is 0.584. The fraction of sp³-hybridized carbons (Fsp3) is 0.364. The second kappa shape index (κ2) is 5.48. The van der Waals surface area contributed by atoms with Gasteiger partial charge in [-0.2, -0.15) is 0 Å². The van der Waals surface area contributed by atoms with Gasteiger partial charge in [-0.25, -0.2) is 4.79 Å². The van der Waals surface area contributed by atoms with E-state index >= 15 is 0 Å². The number of hydrogen-bond donors (Lipinski definition) is 4. The van der Waals surface area contributed by atoms with Crippen LogP contribution >= 0.6 is 0 Å². The van der Waals surface area contributed by atoms with Gasteiger partial charge in [0.15, 0.2) is 0 Å². The number of carbonyl (C=O) groups is 1. The lowest BCUT2D eigenvalue weighted by molar-refractivity contribution is 0.0697. The first-order valence-corrected chi connectivity index (χ1v) is 4.91. The predicted molar refractivity (Wildman–Crippen MR) is 59.7 cm³/mol. The fourth-order valence-electron chi connectivity index (χ4n) is 1.29. The van der Waals surface area contributed by atoms with Crippen molar-refractivity contribution in [3.8, 4) is 0 Å². The predicted octanol–water partition coefficient (Wildman–Crippen LogP) is 0.458. The number of nitrogens with one attached hydrogen (secondary N) is 1. The summed E-state index contributed by atoms with van der Waals surface area (Å²) < 4.78 is 0. The molecule has 0 bridgehead atoms. The van der Waals surface area contributed by atoms with Crippen LogP contribution in [-0.2, 0) is 0 Å². The summed E-state index contributed by atoms with van der Waals surface area (Å²) in [5, 5.41) is 29.5. The second-order valence-corrected chi connectivity index (χ2v) is 3.55. The van der Waals surface area contributed by atoms with Gasteiger partial charge in [0.2, 0.25) is 0 Å². The molecule has 0 saturated carbocycles. The van der Waals surface area contributed by atoms with Gasteiger partial charge in [-0.05, 0) is 30.7 Å². The van der Waals surface area contributed by atoms with Crippen molar-refractivity contribution < 1.29 is 20.1 Å². The Balaban J connectivity index is 2.72. The average molecular weight is 225 g/mol. The highest BCUT2D eigenvalue weighted by Crippen LogP contribution is 2.16. The summed E-state index contributed by atoms with van der Waals surface area (Å²) in [6.45, 7) is 1.70. The van der Waals surface area contributed by atoms with E-state index in [4.69, 9.17) is 15.3 Å². The van der Waals surface area contributed by atoms with E-state index in [1.165, 1.54) is 6.07 Å². The molecular weight excluding hydrogens is 210 g/mol. The molecule has 0 aliphatic rings. The number of aromatic carboxylic acids is 1. The number of anilines is 1. The number of hydrogen-bond acceptors (Lipinski definition) is 4. The van der Waals surface area contributed by atoms with Gasteiger partial charge in [-0.3, -0.25) is 0 Å². The molecule has 0 aromatic heterocycles. The minimum atomic E-state index is -0.968. The summed E-state index contributed by atoms with van der Waals surface area (Å²) in [6.07, 6.45) is -0.821. The summed E-state index contributed by atoms with van der Waals surface area (Å²) in [5.41, 5.74) is 1.76. The lowest BCUT2D eigenvalue weighted by atomic mass is 10.1. The molecule has 88 valence electrons. The maximum atomic E-state index is 10.7. The fourth-order valence-corrected chi connectivity index (χ4v) is 1.29. The molecule has 1 aromatic rings. The molecule has 4 N–H and O–H groups in total. The Morgan fingerprint density at radius 1 is 1.50 bits per heavy atom. The molecule has 1 unspecified atom stereocenters. The van der Waals surface area contributed by atoms with Crippen molar-refractivity contribution in [3.63, 3.8) is 0 Å². The van der Waals surface area contributed by atoms with Crippen LogP contribution in [0.3, 0.4) is 0 Å². The minimum Gasteiger partial charge on any atom is -0.478 e. The lowest BCUT2D eigenvalue weighted by Crippen LogP contribution is -2.23. The van der Waals surface area contributed by atoms with E-state index in [9.17, 15) is 4.79 Å². The third-order valence-corrected chi connectivity index (χ3v) is 2.21. The number of aliphatic hydroxyl groups is 2. The summed E-state index contributed by atoms with van der Waals surface area (Å²) >= 11 is 0. The molecule has 0 aliphatic heterocycles. The number of benzene rings is 1. The van der Waals surface area contributed by atoms with Gasteiger partial charge >= 0.3 is 5.97 Å². The van der Waals surface area contributed by atoms with Crippen molar-refractivity contribution in [2.24, 2.45) is 0 Å². The molecule has 0 fully saturated rings.